The van der Waals surface area contributed by atoms with Gasteiger partial charge in [0.05, 0.1) is 5.56 Å². The number of carbonyl (C=O) groups excluding carboxylic acids is 1. The van der Waals surface area contributed by atoms with E-state index in [0.29, 0.717) is 9.92 Å². The van der Waals surface area contributed by atoms with Gasteiger partial charge in [-0.15, -0.1) is 0 Å². The van der Waals surface area contributed by atoms with Crippen molar-refractivity contribution in [3.63, 3.8) is 0 Å². The Bertz CT molecular complexity index is 598. The maximum atomic E-state index is 13.6. The van der Waals surface area contributed by atoms with Gasteiger partial charge in [-0.05, 0) is 37.3 Å². The van der Waals surface area contributed by atoms with E-state index in [0.717, 1.165) is 4.90 Å². The first-order chi connectivity index (χ1) is 8.58. The standard InChI is InChI=1S/C14H10ClFOS/c1-9(17)14-12(16)6-3-7-13(14)18-11-5-2-4-10(15)8-11/h2-8H,1H3. The van der Waals surface area contributed by atoms with E-state index < -0.39 is 5.82 Å². The van der Waals surface area contributed by atoms with E-state index in [4.69, 9.17) is 11.6 Å². The Morgan fingerprint density at radius 2 is 1.94 bits per heavy atom. The zero-order valence-corrected chi connectivity index (χ0v) is 11.2. The van der Waals surface area contributed by atoms with Crippen molar-refractivity contribution < 1.29 is 9.18 Å². The highest BCUT2D eigenvalue weighted by Gasteiger charge is 2.13. The first-order valence-electron chi connectivity index (χ1n) is 5.31. The quantitative estimate of drug-likeness (QED) is 0.749. The lowest BCUT2D eigenvalue weighted by Gasteiger charge is -2.07. The molecule has 0 aliphatic rings. The van der Waals surface area contributed by atoms with Crippen molar-refractivity contribution >= 4 is 29.1 Å². The molecule has 92 valence electrons. The van der Waals surface area contributed by atoms with Gasteiger partial charge in [-0.2, -0.15) is 0 Å². The van der Waals surface area contributed by atoms with Crippen molar-refractivity contribution in [1.29, 1.82) is 0 Å². The maximum Gasteiger partial charge on any atom is 0.163 e. The van der Waals surface area contributed by atoms with E-state index in [2.05, 4.69) is 0 Å². The van der Waals surface area contributed by atoms with E-state index in [1.807, 2.05) is 12.1 Å². The third kappa shape index (κ3) is 2.92. The van der Waals surface area contributed by atoms with Crippen LogP contribution in [0.2, 0.25) is 5.02 Å². The van der Waals surface area contributed by atoms with Crippen LogP contribution in [-0.4, -0.2) is 5.78 Å². The Morgan fingerprint density at radius 1 is 1.22 bits per heavy atom. The summed E-state index contributed by atoms with van der Waals surface area (Å²) < 4.78 is 13.6. The van der Waals surface area contributed by atoms with Crippen LogP contribution in [0.15, 0.2) is 52.3 Å². The van der Waals surface area contributed by atoms with Crippen molar-refractivity contribution in [2.75, 3.05) is 0 Å². The van der Waals surface area contributed by atoms with Crippen LogP contribution in [0.1, 0.15) is 17.3 Å². The van der Waals surface area contributed by atoms with E-state index >= 15 is 0 Å². The summed E-state index contributed by atoms with van der Waals surface area (Å²) in [7, 11) is 0. The Balaban J connectivity index is 2.40. The monoisotopic (exact) mass is 280 g/mol. The second-order valence-corrected chi connectivity index (χ2v) is 5.28. The molecule has 2 aromatic rings. The summed E-state index contributed by atoms with van der Waals surface area (Å²) >= 11 is 7.22. The van der Waals surface area contributed by atoms with E-state index in [1.165, 1.54) is 24.8 Å². The molecule has 0 amide bonds. The van der Waals surface area contributed by atoms with Gasteiger partial charge in [-0.25, -0.2) is 4.39 Å². The highest BCUT2D eigenvalue weighted by Crippen LogP contribution is 2.33. The number of ketones is 1. The molecule has 0 bridgehead atoms. The minimum atomic E-state index is -0.491. The van der Waals surface area contributed by atoms with Gasteiger partial charge in [0.1, 0.15) is 5.82 Å². The lowest BCUT2D eigenvalue weighted by atomic mass is 10.1. The predicted molar refractivity (Wildman–Crippen MR) is 72.0 cm³/mol. The number of rotatable bonds is 3. The zero-order valence-electron chi connectivity index (χ0n) is 9.61. The fraction of sp³-hybridized carbons (Fsp3) is 0.0714. The molecule has 0 atom stereocenters. The van der Waals surface area contributed by atoms with Crippen LogP contribution in [0.25, 0.3) is 0 Å². The fourth-order valence-corrected chi connectivity index (χ4v) is 2.92. The Kier molecular flexibility index (Phi) is 4.04. The summed E-state index contributed by atoms with van der Waals surface area (Å²) in [4.78, 5) is 12.9. The topological polar surface area (TPSA) is 17.1 Å². The lowest BCUT2D eigenvalue weighted by Crippen LogP contribution is -1.99. The molecular formula is C14H10ClFOS. The molecule has 1 nitrogen and oxygen atoms in total. The average Bonchev–Trinajstić information content (AvgIpc) is 2.28. The Morgan fingerprint density at radius 3 is 2.61 bits per heavy atom. The third-order valence-corrected chi connectivity index (χ3v) is 3.64. The third-order valence-electron chi connectivity index (χ3n) is 2.35. The predicted octanol–water partition coefficient (Wildman–Crippen LogP) is 4.83. The molecule has 18 heavy (non-hydrogen) atoms. The molecule has 0 unspecified atom stereocenters. The van der Waals surface area contributed by atoms with Gasteiger partial charge in [-0.1, -0.05) is 35.5 Å². The van der Waals surface area contributed by atoms with Crippen LogP contribution in [0, 0.1) is 5.82 Å². The Labute approximate surface area is 114 Å². The summed E-state index contributed by atoms with van der Waals surface area (Å²) in [6.07, 6.45) is 0. The van der Waals surface area contributed by atoms with Crippen LogP contribution >= 0.6 is 23.4 Å². The summed E-state index contributed by atoms with van der Waals surface area (Å²) in [6.45, 7) is 1.36. The summed E-state index contributed by atoms with van der Waals surface area (Å²) in [6, 6.07) is 11.8. The molecule has 4 heteroatoms. The summed E-state index contributed by atoms with van der Waals surface area (Å²) in [5.41, 5.74) is 0.127. The van der Waals surface area contributed by atoms with Gasteiger partial charge in [0.25, 0.3) is 0 Å². The highest BCUT2D eigenvalue weighted by atomic mass is 35.5. The maximum absolute atomic E-state index is 13.6. The fourth-order valence-electron chi connectivity index (χ4n) is 1.59. The van der Waals surface area contributed by atoms with Crippen molar-refractivity contribution in [1.82, 2.24) is 0 Å². The van der Waals surface area contributed by atoms with Crippen LogP contribution < -0.4 is 0 Å². The van der Waals surface area contributed by atoms with Crippen molar-refractivity contribution in [3.8, 4) is 0 Å². The second-order valence-electron chi connectivity index (χ2n) is 3.73. The van der Waals surface area contributed by atoms with E-state index in [-0.39, 0.29) is 11.3 Å². The van der Waals surface area contributed by atoms with Crippen LogP contribution in [0.5, 0.6) is 0 Å². The molecule has 2 aromatic carbocycles. The second kappa shape index (κ2) is 5.55. The van der Waals surface area contributed by atoms with Crippen LogP contribution in [-0.2, 0) is 0 Å². The SMILES string of the molecule is CC(=O)c1c(F)cccc1Sc1cccc(Cl)c1. The number of Topliss-reactive ketones (excluding diaryl/α,β-unsaturated/α-hetero) is 1. The Hall–Kier alpha value is -1.32. The highest BCUT2D eigenvalue weighted by molar-refractivity contribution is 7.99. The molecule has 2 rings (SSSR count). The minimum absolute atomic E-state index is 0.127. The zero-order chi connectivity index (χ0) is 13.1. The number of hydrogen-bond acceptors (Lipinski definition) is 2. The molecule has 0 radical (unpaired) electrons. The molecule has 0 aliphatic heterocycles. The van der Waals surface area contributed by atoms with Crippen molar-refractivity contribution in [2.45, 2.75) is 16.7 Å². The first-order valence-corrected chi connectivity index (χ1v) is 6.50. The van der Waals surface area contributed by atoms with Crippen molar-refractivity contribution in [2.24, 2.45) is 0 Å². The summed E-state index contributed by atoms with van der Waals surface area (Å²) in [5, 5.41) is 0.612. The number of hydrogen-bond donors (Lipinski definition) is 0. The normalized spacial score (nSPS) is 10.4. The van der Waals surface area contributed by atoms with E-state index in [9.17, 15) is 9.18 Å². The molecule has 0 spiro atoms. The van der Waals surface area contributed by atoms with Gasteiger partial charge < -0.3 is 0 Å². The summed E-state index contributed by atoms with van der Waals surface area (Å²) in [5.74, 6) is -0.771. The van der Waals surface area contributed by atoms with Crippen molar-refractivity contribution in [3.05, 3.63) is 58.9 Å². The molecule has 0 N–H and O–H groups in total. The van der Waals surface area contributed by atoms with Gasteiger partial charge in [-0.3, -0.25) is 4.79 Å². The van der Waals surface area contributed by atoms with Crippen LogP contribution in [0.4, 0.5) is 4.39 Å². The molecule has 0 saturated heterocycles. The van der Waals surface area contributed by atoms with Gasteiger partial charge in [0, 0.05) is 14.8 Å². The van der Waals surface area contributed by atoms with Crippen LogP contribution in [0.3, 0.4) is 0 Å². The molecule has 0 fully saturated rings. The number of halogens is 2. The molecule has 0 aromatic heterocycles. The largest absolute Gasteiger partial charge is 0.294 e. The van der Waals surface area contributed by atoms with Gasteiger partial charge in [0.15, 0.2) is 5.78 Å². The number of benzene rings is 2. The smallest absolute Gasteiger partial charge is 0.163 e. The molecule has 0 heterocycles. The first kappa shape index (κ1) is 13.1. The van der Waals surface area contributed by atoms with E-state index in [1.54, 1.807) is 24.3 Å². The lowest BCUT2D eigenvalue weighted by molar-refractivity contribution is 0.101. The van der Waals surface area contributed by atoms with Gasteiger partial charge in [0.2, 0.25) is 0 Å². The molecule has 0 aliphatic carbocycles. The minimum Gasteiger partial charge on any atom is -0.294 e. The molecular weight excluding hydrogens is 271 g/mol. The average molecular weight is 281 g/mol. The molecule has 0 saturated carbocycles. The number of carbonyl (C=O) groups is 1. The van der Waals surface area contributed by atoms with Gasteiger partial charge >= 0.3 is 0 Å².